The van der Waals surface area contributed by atoms with Gasteiger partial charge in [0, 0.05) is 6.54 Å². The number of nitrogens with zero attached hydrogens (tertiary/aromatic N) is 2. The number of methoxy groups -OCH3 is 2. The van der Waals surface area contributed by atoms with Crippen LogP contribution < -0.4 is 14.8 Å². The van der Waals surface area contributed by atoms with E-state index >= 15 is 0 Å². The second-order valence-electron chi connectivity index (χ2n) is 5.36. The molecular formula is C13H23N3O2. The van der Waals surface area contributed by atoms with Crippen molar-refractivity contribution in [1.29, 1.82) is 0 Å². The second-order valence-corrected chi connectivity index (χ2v) is 5.36. The molecule has 0 spiro atoms. The average Bonchev–Trinajstić information content (AvgIpc) is 2.33. The first-order valence-corrected chi connectivity index (χ1v) is 6.10. The molecule has 5 nitrogen and oxygen atoms in total. The maximum Gasteiger partial charge on any atom is 0.224 e. The van der Waals surface area contributed by atoms with Crippen LogP contribution in [0.3, 0.4) is 0 Å². The maximum absolute atomic E-state index is 5.21. The van der Waals surface area contributed by atoms with E-state index < -0.39 is 0 Å². The predicted octanol–water partition coefficient (Wildman–Crippen LogP) is 2.02. The van der Waals surface area contributed by atoms with Gasteiger partial charge in [-0.05, 0) is 18.4 Å². The Morgan fingerprint density at radius 3 is 2.11 bits per heavy atom. The molecule has 0 aromatic carbocycles. The lowest BCUT2D eigenvalue weighted by Crippen LogP contribution is -2.21. The minimum absolute atomic E-state index is 0.328. The van der Waals surface area contributed by atoms with E-state index in [4.69, 9.17) is 9.47 Å². The van der Waals surface area contributed by atoms with E-state index in [-0.39, 0.29) is 0 Å². The highest BCUT2D eigenvalue weighted by Crippen LogP contribution is 2.23. The topological polar surface area (TPSA) is 56.3 Å². The summed E-state index contributed by atoms with van der Waals surface area (Å²) in [7, 11) is 3.20. The summed E-state index contributed by atoms with van der Waals surface area (Å²) in [5.74, 6) is 1.12. The number of rotatable bonds is 6. The molecule has 0 atom stereocenters. The monoisotopic (exact) mass is 253 g/mol. The first-order valence-electron chi connectivity index (χ1n) is 6.10. The summed E-state index contributed by atoms with van der Waals surface area (Å²) in [5, 5.41) is 3.37. The van der Waals surface area contributed by atoms with Crippen molar-refractivity contribution in [2.24, 2.45) is 5.41 Å². The van der Waals surface area contributed by atoms with Crippen molar-refractivity contribution in [1.82, 2.24) is 15.3 Å². The minimum atomic E-state index is 0.328. The molecule has 1 rings (SSSR count). The molecule has 1 N–H and O–H groups in total. The van der Waals surface area contributed by atoms with E-state index in [2.05, 4.69) is 36.1 Å². The van der Waals surface area contributed by atoms with Gasteiger partial charge in [-0.25, -0.2) is 9.97 Å². The van der Waals surface area contributed by atoms with Crippen LogP contribution in [0.15, 0.2) is 6.33 Å². The highest BCUT2D eigenvalue weighted by molar-refractivity contribution is 5.34. The first-order chi connectivity index (χ1) is 8.48. The molecule has 0 saturated carbocycles. The minimum Gasteiger partial charge on any atom is -0.481 e. The van der Waals surface area contributed by atoms with Crippen LogP contribution in [0.4, 0.5) is 0 Å². The summed E-state index contributed by atoms with van der Waals surface area (Å²) in [6.07, 6.45) is 2.54. The Hall–Kier alpha value is -1.36. The maximum atomic E-state index is 5.21. The standard InChI is InChI=1S/C13H23N3O2/c1-13(2,3)6-7-14-8-10-11(17-4)15-9-16-12(10)18-5/h9,14H,6-8H2,1-5H3. The van der Waals surface area contributed by atoms with Gasteiger partial charge in [-0.2, -0.15) is 0 Å². The molecule has 0 amide bonds. The van der Waals surface area contributed by atoms with Crippen LogP contribution in [0.5, 0.6) is 11.8 Å². The molecule has 1 aromatic heterocycles. The van der Waals surface area contributed by atoms with Gasteiger partial charge in [0.15, 0.2) is 0 Å². The first kappa shape index (κ1) is 14.7. The predicted molar refractivity (Wildman–Crippen MR) is 70.9 cm³/mol. The van der Waals surface area contributed by atoms with E-state index in [0.717, 1.165) is 18.5 Å². The van der Waals surface area contributed by atoms with Crippen molar-refractivity contribution in [2.75, 3.05) is 20.8 Å². The number of hydrogen-bond acceptors (Lipinski definition) is 5. The van der Waals surface area contributed by atoms with Crippen molar-refractivity contribution in [3.8, 4) is 11.8 Å². The fourth-order valence-electron chi connectivity index (χ4n) is 1.56. The Kier molecular flexibility index (Phi) is 5.34. The van der Waals surface area contributed by atoms with Gasteiger partial charge in [-0.15, -0.1) is 0 Å². The van der Waals surface area contributed by atoms with Gasteiger partial charge in [-0.1, -0.05) is 20.8 Å². The van der Waals surface area contributed by atoms with Gasteiger partial charge in [0.2, 0.25) is 11.8 Å². The van der Waals surface area contributed by atoms with Gasteiger partial charge in [0.05, 0.1) is 19.8 Å². The molecule has 1 aromatic rings. The van der Waals surface area contributed by atoms with Crippen LogP contribution in [0.2, 0.25) is 0 Å². The number of ether oxygens (including phenoxy) is 2. The van der Waals surface area contributed by atoms with E-state index in [1.165, 1.54) is 6.33 Å². The molecule has 0 unspecified atom stereocenters. The summed E-state index contributed by atoms with van der Waals surface area (Å²) in [6, 6.07) is 0. The van der Waals surface area contributed by atoms with E-state index in [1.807, 2.05) is 0 Å². The lowest BCUT2D eigenvalue weighted by Gasteiger charge is -2.18. The highest BCUT2D eigenvalue weighted by Gasteiger charge is 2.13. The van der Waals surface area contributed by atoms with Crippen molar-refractivity contribution >= 4 is 0 Å². The van der Waals surface area contributed by atoms with Crippen LogP contribution in [0, 0.1) is 5.41 Å². The third kappa shape index (κ3) is 4.49. The van der Waals surface area contributed by atoms with Crippen LogP contribution in [0.1, 0.15) is 32.8 Å². The Morgan fingerprint density at radius 1 is 1.11 bits per heavy atom. The van der Waals surface area contributed by atoms with Gasteiger partial charge in [0.1, 0.15) is 6.33 Å². The highest BCUT2D eigenvalue weighted by atomic mass is 16.5. The lowest BCUT2D eigenvalue weighted by molar-refractivity contribution is 0.349. The number of nitrogens with one attached hydrogen (secondary N) is 1. The largest absolute Gasteiger partial charge is 0.481 e. The Balaban J connectivity index is 2.60. The van der Waals surface area contributed by atoms with Crippen molar-refractivity contribution in [2.45, 2.75) is 33.7 Å². The van der Waals surface area contributed by atoms with Gasteiger partial charge in [0.25, 0.3) is 0 Å². The van der Waals surface area contributed by atoms with Crippen LogP contribution in [-0.4, -0.2) is 30.7 Å². The van der Waals surface area contributed by atoms with E-state index in [9.17, 15) is 0 Å². The molecule has 18 heavy (non-hydrogen) atoms. The zero-order chi connectivity index (χ0) is 13.6. The molecule has 0 saturated heterocycles. The van der Waals surface area contributed by atoms with Gasteiger partial charge in [-0.3, -0.25) is 0 Å². The van der Waals surface area contributed by atoms with Crippen molar-refractivity contribution in [3.63, 3.8) is 0 Å². The van der Waals surface area contributed by atoms with Gasteiger partial charge >= 0.3 is 0 Å². The summed E-state index contributed by atoms with van der Waals surface area (Å²) in [5.41, 5.74) is 1.19. The number of aromatic nitrogens is 2. The molecule has 0 radical (unpaired) electrons. The second kappa shape index (κ2) is 6.54. The molecule has 0 aliphatic carbocycles. The summed E-state index contributed by atoms with van der Waals surface area (Å²) in [6.45, 7) is 8.25. The van der Waals surface area contributed by atoms with E-state index in [1.54, 1.807) is 14.2 Å². The fourth-order valence-corrected chi connectivity index (χ4v) is 1.56. The Bertz CT molecular complexity index is 353. The van der Waals surface area contributed by atoms with E-state index in [0.29, 0.717) is 23.7 Å². The molecule has 0 fully saturated rings. The average molecular weight is 253 g/mol. The van der Waals surface area contributed by atoms with Crippen LogP contribution >= 0.6 is 0 Å². The van der Waals surface area contributed by atoms with Crippen molar-refractivity contribution < 1.29 is 9.47 Å². The summed E-state index contributed by atoms with van der Waals surface area (Å²) in [4.78, 5) is 8.16. The molecule has 5 heteroatoms. The third-order valence-corrected chi connectivity index (χ3v) is 2.61. The quantitative estimate of drug-likeness (QED) is 0.786. The molecule has 1 heterocycles. The van der Waals surface area contributed by atoms with Gasteiger partial charge < -0.3 is 14.8 Å². The molecule has 0 bridgehead atoms. The molecule has 102 valence electrons. The molecule has 0 aliphatic rings. The zero-order valence-corrected chi connectivity index (χ0v) is 11.9. The van der Waals surface area contributed by atoms with Crippen LogP contribution in [0.25, 0.3) is 0 Å². The zero-order valence-electron chi connectivity index (χ0n) is 11.9. The smallest absolute Gasteiger partial charge is 0.224 e. The molecule has 0 aliphatic heterocycles. The summed E-state index contributed by atoms with van der Waals surface area (Å²) < 4.78 is 10.4. The number of hydrogen-bond donors (Lipinski definition) is 1. The Morgan fingerprint density at radius 2 is 1.67 bits per heavy atom. The normalized spacial score (nSPS) is 11.4. The lowest BCUT2D eigenvalue weighted by atomic mass is 9.92. The van der Waals surface area contributed by atoms with Crippen LogP contribution in [-0.2, 0) is 6.54 Å². The van der Waals surface area contributed by atoms with Crippen molar-refractivity contribution in [3.05, 3.63) is 11.9 Å². The molecular weight excluding hydrogens is 230 g/mol. The fraction of sp³-hybridized carbons (Fsp3) is 0.692. The summed E-state index contributed by atoms with van der Waals surface area (Å²) >= 11 is 0. The SMILES string of the molecule is COc1ncnc(OC)c1CNCCC(C)(C)C. The Labute approximate surface area is 109 Å². The third-order valence-electron chi connectivity index (χ3n) is 2.61.